The van der Waals surface area contributed by atoms with Gasteiger partial charge < -0.3 is 20.2 Å². The third-order valence-electron chi connectivity index (χ3n) is 6.16. The predicted octanol–water partition coefficient (Wildman–Crippen LogP) is 5.38. The van der Waals surface area contributed by atoms with Gasteiger partial charge in [0.05, 0.1) is 0 Å². The molecule has 1 saturated carbocycles. The molecule has 4 rings (SSSR count). The minimum absolute atomic E-state index is 0.120. The molecule has 0 aliphatic heterocycles. The van der Waals surface area contributed by atoms with Gasteiger partial charge in [0.25, 0.3) is 0 Å². The average molecular weight is 449 g/mol. The Morgan fingerprint density at radius 3 is 2.48 bits per heavy atom. The van der Waals surface area contributed by atoms with Gasteiger partial charge >= 0.3 is 23.8 Å². The van der Waals surface area contributed by atoms with Gasteiger partial charge in [-0.1, -0.05) is 36.3 Å². The molecule has 0 radical (unpaired) electrons. The van der Waals surface area contributed by atoms with E-state index in [0.29, 0.717) is 11.6 Å². The molecule has 0 atom stereocenters. The van der Waals surface area contributed by atoms with Crippen LogP contribution in [0.25, 0.3) is 0 Å². The first-order valence-corrected chi connectivity index (χ1v) is 11.3. The van der Waals surface area contributed by atoms with Gasteiger partial charge in [0.1, 0.15) is 0 Å². The monoisotopic (exact) mass is 448 g/mol. The molecule has 172 valence electrons. The van der Waals surface area contributed by atoms with Crippen LogP contribution >= 0.6 is 0 Å². The number of nitrogens with one attached hydrogen (secondary N) is 2. The second-order valence-corrected chi connectivity index (χ2v) is 8.48. The molecule has 0 spiro atoms. The summed E-state index contributed by atoms with van der Waals surface area (Å²) in [6.07, 6.45) is 5.02. The molecule has 1 heterocycles. The van der Waals surface area contributed by atoms with Gasteiger partial charge in [0, 0.05) is 17.8 Å². The van der Waals surface area contributed by atoms with Crippen LogP contribution in [0.15, 0.2) is 52.9 Å². The van der Waals surface area contributed by atoms with Crippen LogP contribution in [0.5, 0.6) is 0 Å². The smallest absolute Gasteiger partial charge is 0.320 e. The van der Waals surface area contributed by atoms with Crippen LogP contribution in [-0.4, -0.2) is 27.2 Å². The molecular weight excluding hydrogens is 420 g/mol. The molecule has 8 heteroatoms. The molecule has 33 heavy (non-hydrogen) atoms. The van der Waals surface area contributed by atoms with Crippen molar-refractivity contribution in [3.8, 4) is 0 Å². The summed E-state index contributed by atoms with van der Waals surface area (Å²) in [5, 5.41) is 22.5. The van der Waals surface area contributed by atoms with E-state index in [1.807, 2.05) is 48.5 Å². The van der Waals surface area contributed by atoms with E-state index in [1.54, 1.807) is 0 Å². The Bertz CT molecular complexity index is 1100. The van der Waals surface area contributed by atoms with E-state index in [-0.39, 0.29) is 24.2 Å². The van der Waals surface area contributed by atoms with Crippen LogP contribution in [0.3, 0.4) is 0 Å². The Kier molecular flexibility index (Phi) is 7.02. The molecule has 0 unspecified atom stereocenters. The van der Waals surface area contributed by atoms with Crippen molar-refractivity contribution in [2.75, 3.05) is 10.6 Å². The molecule has 1 amide bonds. The Labute approximate surface area is 192 Å². The Morgan fingerprint density at radius 1 is 1.03 bits per heavy atom. The highest BCUT2D eigenvalue weighted by atomic mass is 16.4. The van der Waals surface area contributed by atoms with Crippen molar-refractivity contribution in [3.05, 3.63) is 65.5 Å². The molecule has 1 aromatic heterocycles. The Hall–Kier alpha value is -3.68. The maximum Gasteiger partial charge on any atom is 0.320 e. The molecule has 3 N–H and O–H groups in total. The number of amides is 1. The van der Waals surface area contributed by atoms with Crippen LogP contribution in [0.1, 0.15) is 66.8 Å². The molecule has 3 aromatic rings. The maximum absolute atomic E-state index is 12.5. The van der Waals surface area contributed by atoms with E-state index < -0.39 is 11.9 Å². The number of hydrogen-bond donors (Lipinski definition) is 3. The number of benzene rings is 2. The fourth-order valence-electron chi connectivity index (χ4n) is 4.33. The molecule has 0 saturated heterocycles. The van der Waals surface area contributed by atoms with Crippen LogP contribution in [0.2, 0.25) is 0 Å². The lowest BCUT2D eigenvalue weighted by Crippen LogP contribution is -2.16. The highest BCUT2D eigenvalue weighted by Gasteiger charge is 2.24. The number of carbonyl (C=O) groups is 2. The van der Waals surface area contributed by atoms with Crippen LogP contribution in [0, 0.1) is 5.92 Å². The first-order chi connectivity index (χ1) is 16.0. The van der Waals surface area contributed by atoms with E-state index in [4.69, 9.17) is 9.52 Å². The van der Waals surface area contributed by atoms with Crippen molar-refractivity contribution in [1.82, 2.24) is 10.2 Å². The number of aryl methyl sites for hydroxylation is 1. The second-order valence-electron chi connectivity index (χ2n) is 8.48. The van der Waals surface area contributed by atoms with Crippen molar-refractivity contribution in [1.29, 1.82) is 0 Å². The molecule has 1 fully saturated rings. The molecule has 1 aliphatic rings. The summed E-state index contributed by atoms with van der Waals surface area (Å²) in [4.78, 5) is 23.4. The number of aliphatic carboxylic acids is 1. The topological polar surface area (TPSA) is 117 Å². The zero-order chi connectivity index (χ0) is 23.2. The van der Waals surface area contributed by atoms with Gasteiger partial charge in [-0.05, 0) is 79.3 Å². The quantitative estimate of drug-likeness (QED) is 0.424. The summed E-state index contributed by atoms with van der Waals surface area (Å²) in [5.74, 6) is -0.601. The van der Waals surface area contributed by atoms with Gasteiger partial charge in [0.15, 0.2) is 0 Å². The zero-order valence-electron chi connectivity index (χ0n) is 18.6. The van der Waals surface area contributed by atoms with Crippen LogP contribution < -0.4 is 10.6 Å². The van der Waals surface area contributed by atoms with Crippen molar-refractivity contribution in [2.24, 2.45) is 5.92 Å². The average Bonchev–Trinajstić information content (AvgIpc) is 3.28. The third-order valence-corrected chi connectivity index (χ3v) is 6.16. The number of nitrogens with zero attached hydrogens (tertiary/aromatic N) is 2. The first kappa shape index (κ1) is 22.5. The minimum atomic E-state index is -0.714. The lowest BCUT2D eigenvalue weighted by molar-refractivity contribution is -0.138. The van der Waals surface area contributed by atoms with Gasteiger partial charge in [-0.25, -0.2) is 0 Å². The van der Waals surface area contributed by atoms with E-state index in [2.05, 4.69) is 27.8 Å². The molecule has 0 bridgehead atoms. The van der Waals surface area contributed by atoms with Crippen LogP contribution in [0.4, 0.5) is 17.4 Å². The van der Waals surface area contributed by atoms with E-state index in [9.17, 15) is 9.59 Å². The highest BCUT2D eigenvalue weighted by Crippen LogP contribution is 2.37. The van der Waals surface area contributed by atoms with Gasteiger partial charge in [0.2, 0.25) is 0 Å². The summed E-state index contributed by atoms with van der Waals surface area (Å²) in [5.41, 5.74) is 3.85. The number of anilines is 3. The van der Waals surface area contributed by atoms with E-state index in [0.717, 1.165) is 37.8 Å². The second kappa shape index (κ2) is 10.3. The van der Waals surface area contributed by atoms with Crippen molar-refractivity contribution in [3.63, 3.8) is 0 Å². The normalized spacial score (nSPS) is 18.0. The number of aromatic nitrogens is 2. The third kappa shape index (κ3) is 5.97. The standard InChI is InChI=1S/C25H28N4O4/c1-2-16-4-3-5-21(14-16)27-25-29-28-24(33-25)23(32)26-20-12-10-19(11-13-20)18-8-6-17(7-9-18)15-22(30)31/h3-5,10-14,17-18H,2,6-9,15H2,1H3,(H,26,32)(H,27,29)(H,30,31)/t17-,18-. The molecule has 2 aromatic carbocycles. The fraction of sp³-hybridized carbons (Fsp3) is 0.360. The zero-order valence-corrected chi connectivity index (χ0v) is 18.6. The number of carboxylic acids is 1. The van der Waals surface area contributed by atoms with Crippen molar-refractivity contribution in [2.45, 2.75) is 51.4 Å². The highest BCUT2D eigenvalue weighted by molar-refractivity contribution is 6.00. The Balaban J connectivity index is 1.31. The summed E-state index contributed by atoms with van der Waals surface area (Å²) < 4.78 is 5.46. The molecule has 1 aliphatic carbocycles. The van der Waals surface area contributed by atoms with E-state index >= 15 is 0 Å². The van der Waals surface area contributed by atoms with Gasteiger partial charge in [-0.3, -0.25) is 9.59 Å². The largest absolute Gasteiger partial charge is 0.481 e. The Morgan fingerprint density at radius 2 is 1.79 bits per heavy atom. The molecule has 8 nitrogen and oxygen atoms in total. The van der Waals surface area contributed by atoms with Gasteiger partial charge in [-0.2, -0.15) is 0 Å². The minimum Gasteiger partial charge on any atom is -0.481 e. The number of rotatable bonds is 8. The SMILES string of the molecule is CCc1cccc(Nc2nnc(C(=O)Nc3ccc([C@H]4CC[C@H](CC(=O)O)CC4)cc3)o2)c1. The summed E-state index contributed by atoms with van der Waals surface area (Å²) >= 11 is 0. The lowest BCUT2D eigenvalue weighted by atomic mass is 9.77. The summed E-state index contributed by atoms with van der Waals surface area (Å²) in [6.45, 7) is 2.08. The number of hydrogen-bond acceptors (Lipinski definition) is 6. The van der Waals surface area contributed by atoms with Crippen molar-refractivity contribution < 1.29 is 19.1 Å². The predicted molar refractivity (Wildman–Crippen MR) is 125 cm³/mol. The maximum atomic E-state index is 12.5. The molecular formula is C25H28N4O4. The van der Waals surface area contributed by atoms with Crippen LogP contribution in [-0.2, 0) is 11.2 Å². The first-order valence-electron chi connectivity index (χ1n) is 11.3. The van der Waals surface area contributed by atoms with E-state index in [1.165, 1.54) is 11.1 Å². The summed E-state index contributed by atoms with van der Waals surface area (Å²) in [6, 6.07) is 15.8. The number of carbonyl (C=O) groups excluding carboxylic acids is 1. The fourth-order valence-corrected chi connectivity index (χ4v) is 4.33. The number of carboxylic acid groups (broad SMARTS) is 1. The van der Waals surface area contributed by atoms with Gasteiger partial charge in [-0.15, -0.1) is 5.10 Å². The lowest BCUT2D eigenvalue weighted by Gasteiger charge is -2.28. The van der Waals surface area contributed by atoms with Crippen molar-refractivity contribution >= 4 is 29.3 Å². The summed E-state index contributed by atoms with van der Waals surface area (Å²) in [7, 11) is 0.